The fourth-order valence-corrected chi connectivity index (χ4v) is 4.55. The number of rotatable bonds is 5. The summed E-state index contributed by atoms with van der Waals surface area (Å²) in [5.74, 6) is 0.461. The van der Waals surface area contributed by atoms with Crippen molar-refractivity contribution < 1.29 is 19.1 Å². The molecule has 0 bridgehead atoms. The van der Waals surface area contributed by atoms with Gasteiger partial charge in [-0.2, -0.15) is 0 Å². The highest BCUT2D eigenvalue weighted by atomic mass is 16.5. The van der Waals surface area contributed by atoms with Crippen LogP contribution in [0.15, 0.2) is 78.5 Å². The van der Waals surface area contributed by atoms with Crippen molar-refractivity contribution in [1.29, 1.82) is 0 Å². The number of methoxy groups -OCH3 is 2. The van der Waals surface area contributed by atoms with Crippen LogP contribution in [0.25, 0.3) is 5.57 Å². The molecule has 2 heterocycles. The molecule has 33 heavy (non-hydrogen) atoms. The lowest BCUT2D eigenvalue weighted by Gasteiger charge is -2.31. The van der Waals surface area contributed by atoms with Gasteiger partial charge in [0.15, 0.2) is 0 Å². The molecule has 0 N–H and O–H groups in total. The third-order valence-electron chi connectivity index (χ3n) is 6.21. The number of ether oxygens (including phenoxy) is 2. The van der Waals surface area contributed by atoms with Gasteiger partial charge in [-0.1, -0.05) is 48.5 Å². The molecular formula is C27H24N2O4. The van der Waals surface area contributed by atoms with Gasteiger partial charge >= 0.3 is 0 Å². The van der Waals surface area contributed by atoms with Crippen molar-refractivity contribution in [2.75, 3.05) is 25.7 Å². The first-order valence-corrected chi connectivity index (χ1v) is 10.8. The van der Waals surface area contributed by atoms with Crippen molar-refractivity contribution in [3.63, 3.8) is 0 Å². The lowest BCUT2D eigenvalue weighted by molar-refractivity contribution is -0.120. The summed E-state index contributed by atoms with van der Waals surface area (Å²) < 4.78 is 10.7. The van der Waals surface area contributed by atoms with Crippen LogP contribution >= 0.6 is 0 Å². The molecule has 3 aromatic carbocycles. The Labute approximate surface area is 192 Å². The van der Waals surface area contributed by atoms with Crippen LogP contribution in [-0.4, -0.2) is 37.5 Å². The molecule has 3 aromatic rings. The Morgan fingerprint density at radius 2 is 1.45 bits per heavy atom. The number of carbonyl (C=O) groups excluding carboxylic acids is 2. The summed E-state index contributed by atoms with van der Waals surface area (Å²) in [5.41, 5.74) is 4.38. The smallest absolute Gasteiger partial charge is 0.282 e. The van der Waals surface area contributed by atoms with Gasteiger partial charge < -0.3 is 14.4 Å². The number of fused-ring (bicyclic) bond motifs is 1. The highest BCUT2D eigenvalue weighted by molar-refractivity contribution is 6.45. The summed E-state index contributed by atoms with van der Waals surface area (Å²) in [5, 5.41) is 0. The molecule has 6 nitrogen and oxygen atoms in total. The number of carbonyl (C=O) groups is 2. The molecule has 0 spiro atoms. The second-order valence-electron chi connectivity index (χ2n) is 8.01. The molecule has 0 fully saturated rings. The number of amides is 2. The van der Waals surface area contributed by atoms with E-state index in [1.54, 1.807) is 37.4 Å². The first-order valence-electron chi connectivity index (χ1n) is 10.8. The van der Waals surface area contributed by atoms with E-state index >= 15 is 0 Å². The van der Waals surface area contributed by atoms with Crippen molar-refractivity contribution >= 4 is 23.1 Å². The summed E-state index contributed by atoms with van der Waals surface area (Å²) >= 11 is 0. The minimum absolute atomic E-state index is 0.338. The van der Waals surface area contributed by atoms with Crippen LogP contribution in [0.2, 0.25) is 0 Å². The first kappa shape index (κ1) is 20.8. The quantitative estimate of drug-likeness (QED) is 0.561. The molecule has 6 heteroatoms. The van der Waals surface area contributed by atoms with Crippen LogP contribution in [0.1, 0.15) is 16.7 Å². The average molecular weight is 440 g/mol. The minimum atomic E-state index is -0.358. The Hall–Kier alpha value is -4.06. The molecule has 0 unspecified atom stereocenters. The van der Waals surface area contributed by atoms with Gasteiger partial charge in [0.2, 0.25) is 0 Å². The molecule has 0 saturated heterocycles. The number of imide groups is 1. The fraction of sp³-hybridized carbons (Fsp3) is 0.185. The summed E-state index contributed by atoms with van der Waals surface area (Å²) in [6.45, 7) is 1.23. The number of anilines is 1. The highest BCUT2D eigenvalue weighted by Crippen LogP contribution is 2.40. The molecule has 0 aliphatic carbocycles. The lowest BCUT2D eigenvalue weighted by atomic mass is 9.98. The van der Waals surface area contributed by atoms with E-state index in [9.17, 15) is 9.59 Å². The molecule has 0 saturated carbocycles. The van der Waals surface area contributed by atoms with E-state index in [0.29, 0.717) is 47.1 Å². The predicted molar refractivity (Wildman–Crippen MR) is 126 cm³/mol. The Balaban J connectivity index is 1.63. The number of para-hydroxylation sites is 2. The third-order valence-corrected chi connectivity index (χ3v) is 6.21. The van der Waals surface area contributed by atoms with E-state index in [1.165, 1.54) is 23.1 Å². The summed E-state index contributed by atoms with van der Waals surface area (Å²) in [7, 11) is 3.13. The highest BCUT2D eigenvalue weighted by Gasteiger charge is 2.43. The standard InChI is InChI=1S/C27H24N2O4/c1-32-21-13-11-19(12-14-21)24-25(28-16-15-18-7-3-4-8-20(18)17-28)27(31)29(26(24)30)22-9-5-6-10-23(22)33-2/h3-14H,15-17H2,1-2H3. The molecule has 0 radical (unpaired) electrons. The van der Waals surface area contributed by atoms with Crippen LogP contribution in [0, 0.1) is 0 Å². The van der Waals surface area contributed by atoms with Gasteiger partial charge in [0.1, 0.15) is 17.2 Å². The number of benzene rings is 3. The van der Waals surface area contributed by atoms with Gasteiger partial charge in [0.05, 0.1) is 25.5 Å². The molecule has 0 aromatic heterocycles. The topological polar surface area (TPSA) is 59.1 Å². The molecule has 166 valence electrons. The largest absolute Gasteiger partial charge is 0.497 e. The monoisotopic (exact) mass is 440 g/mol. The SMILES string of the molecule is COc1ccc(C2=C(N3CCc4ccccc4C3)C(=O)N(c3ccccc3OC)C2=O)cc1. The number of nitrogens with zero attached hydrogens (tertiary/aromatic N) is 2. The zero-order chi connectivity index (χ0) is 22.9. The Bertz CT molecular complexity index is 1260. The fourth-order valence-electron chi connectivity index (χ4n) is 4.55. The second-order valence-corrected chi connectivity index (χ2v) is 8.01. The minimum Gasteiger partial charge on any atom is -0.497 e. The average Bonchev–Trinajstić information content (AvgIpc) is 3.13. The van der Waals surface area contributed by atoms with Crippen molar-refractivity contribution in [3.05, 3.63) is 95.2 Å². The van der Waals surface area contributed by atoms with Crippen LogP contribution in [0.5, 0.6) is 11.5 Å². The zero-order valence-corrected chi connectivity index (χ0v) is 18.6. The van der Waals surface area contributed by atoms with Gasteiger partial charge in [-0.3, -0.25) is 9.59 Å². The lowest BCUT2D eigenvalue weighted by Crippen LogP contribution is -2.37. The zero-order valence-electron chi connectivity index (χ0n) is 18.6. The Kier molecular flexibility index (Phi) is 5.34. The molecule has 5 rings (SSSR count). The maximum atomic E-state index is 13.8. The van der Waals surface area contributed by atoms with Crippen molar-refractivity contribution in [2.24, 2.45) is 0 Å². The van der Waals surface area contributed by atoms with Crippen molar-refractivity contribution in [1.82, 2.24) is 4.90 Å². The molecule has 2 aliphatic rings. The first-order chi connectivity index (χ1) is 16.1. The maximum absolute atomic E-state index is 13.8. The molecular weight excluding hydrogens is 416 g/mol. The van der Waals surface area contributed by atoms with Gasteiger partial charge in [0.25, 0.3) is 11.8 Å². The van der Waals surface area contributed by atoms with E-state index < -0.39 is 0 Å². The van der Waals surface area contributed by atoms with Gasteiger partial charge in [-0.05, 0) is 47.4 Å². The molecule has 2 amide bonds. The summed E-state index contributed by atoms with van der Waals surface area (Å²) in [6.07, 6.45) is 0.811. The Morgan fingerprint density at radius 1 is 0.758 bits per heavy atom. The predicted octanol–water partition coefficient (Wildman–Crippen LogP) is 4.05. The number of hydrogen-bond acceptors (Lipinski definition) is 5. The summed E-state index contributed by atoms with van der Waals surface area (Å²) in [4.78, 5) is 30.9. The second kappa shape index (κ2) is 8.47. The van der Waals surface area contributed by atoms with Gasteiger partial charge in [-0.15, -0.1) is 0 Å². The number of hydrogen-bond donors (Lipinski definition) is 0. The van der Waals surface area contributed by atoms with E-state index in [2.05, 4.69) is 12.1 Å². The van der Waals surface area contributed by atoms with Gasteiger partial charge in [0, 0.05) is 13.1 Å². The van der Waals surface area contributed by atoms with E-state index in [-0.39, 0.29) is 11.8 Å². The molecule has 2 aliphatic heterocycles. The van der Waals surface area contributed by atoms with E-state index in [4.69, 9.17) is 9.47 Å². The van der Waals surface area contributed by atoms with E-state index in [0.717, 1.165) is 6.42 Å². The van der Waals surface area contributed by atoms with Crippen LogP contribution < -0.4 is 14.4 Å². The van der Waals surface area contributed by atoms with Crippen molar-refractivity contribution in [3.8, 4) is 11.5 Å². The third kappa shape index (κ3) is 3.53. The van der Waals surface area contributed by atoms with E-state index in [1.807, 2.05) is 35.2 Å². The van der Waals surface area contributed by atoms with Crippen LogP contribution in [-0.2, 0) is 22.6 Å². The molecule has 0 atom stereocenters. The maximum Gasteiger partial charge on any atom is 0.282 e. The van der Waals surface area contributed by atoms with Crippen LogP contribution in [0.4, 0.5) is 5.69 Å². The normalized spacial score (nSPS) is 15.7. The van der Waals surface area contributed by atoms with Gasteiger partial charge in [-0.25, -0.2) is 4.90 Å². The van der Waals surface area contributed by atoms with Crippen LogP contribution in [0.3, 0.4) is 0 Å². The Morgan fingerprint density at radius 3 is 2.18 bits per heavy atom. The summed E-state index contributed by atoms with van der Waals surface area (Å²) in [6, 6.07) is 22.6. The van der Waals surface area contributed by atoms with Crippen molar-refractivity contribution in [2.45, 2.75) is 13.0 Å².